The van der Waals surface area contributed by atoms with Crippen LogP contribution in [-0.2, 0) is 16.8 Å². The zero-order valence-corrected chi connectivity index (χ0v) is 13.9. The number of hydrogen-bond acceptors (Lipinski definition) is 3. The van der Waals surface area contributed by atoms with E-state index in [4.69, 9.17) is 5.26 Å². The standard InChI is InChI=1S/C15H19F2N3O2S/c1-11(8-18)9-19(2)23(21,22)20(14-5-6-14)10-12-3-4-13(16)7-15(12)17/h3-4,7,11,14H,5-6,9-10H2,1-2H3. The summed E-state index contributed by atoms with van der Waals surface area (Å²) < 4.78 is 54.5. The van der Waals surface area contributed by atoms with Crippen LogP contribution in [0.4, 0.5) is 8.78 Å². The van der Waals surface area contributed by atoms with Gasteiger partial charge in [0.1, 0.15) is 11.6 Å². The first kappa shape index (κ1) is 17.8. The predicted octanol–water partition coefficient (Wildman–Crippen LogP) is 2.27. The van der Waals surface area contributed by atoms with Gasteiger partial charge in [0.05, 0.1) is 12.0 Å². The minimum Gasteiger partial charge on any atom is -0.207 e. The molecule has 0 spiro atoms. The maximum Gasteiger partial charge on any atom is 0.282 e. The van der Waals surface area contributed by atoms with E-state index in [1.165, 1.54) is 17.4 Å². The number of rotatable bonds is 7. The zero-order valence-electron chi connectivity index (χ0n) is 13.0. The second-order valence-electron chi connectivity index (χ2n) is 5.83. The third kappa shape index (κ3) is 4.25. The van der Waals surface area contributed by atoms with Gasteiger partial charge in [-0.1, -0.05) is 6.07 Å². The van der Waals surface area contributed by atoms with Crippen molar-refractivity contribution in [2.24, 2.45) is 5.92 Å². The lowest BCUT2D eigenvalue weighted by molar-refractivity contribution is 0.336. The predicted molar refractivity (Wildman–Crippen MR) is 81.2 cm³/mol. The molecule has 1 aliphatic rings. The first-order chi connectivity index (χ1) is 10.8. The Kier molecular flexibility index (Phi) is 5.34. The number of benzene rings is 1. The highest BCUT2D eigenvalue weighted by atomic mass is 32.2. The van der Waals surface area contributed by atoms with Gasteiger partial charge in [0, 0.05) is 37.8 Å². The molecule has 23 heavy (non-hydrogen) atoms. The molecule has 1 aliphatic carbocycles. The van der Waals surface area contributed by atoms with E-state index >= 15 is 0 Å². The average molecular weight is 343 g/mol. The lowest BCUT2D eigenvalue weighted by Gasteiger charge is -2.28. The molecule has 5 nitrogen and oxygen atoms in total. The molecule has 1 saturated carbocycles. The normalized spacial score (nSPS) is 16.6. The van der Waals surface area contributed by atoms with Crippen LogP contribution in [-0.4, -0.2) is 36.7 Å². The molecule has 1 atom stereocenters. The van der Waals surface area contributed by atoms with E-state index in [0.717, 1.165) is 16.4 Å². The molecule has 8 heteroatoms. The van der Waals surface area contributed by atoms with Gasteiger partial charge in [-0.25, -0.2) is 8.78 Å². The van der Waals surface area contributed by atoms with E-state index in [-0.39, 0.29) is 24.7 Å². The van der Waals surface area contributed by atoms with Crippen LogP contribution in [0.15, 0.2) is 18.2 Å². The maximum absolute atomic E-state index is 13.8. The van der Waals surface area contributed by atoms with Crippen molar-refractivity contribution in [3.63, 3.8) is 0 Å². The summed E-state index contributed by atoms with van der Waals surface area (Å²) in [6.45, 7) is 1.55. The van der Waals surface area contributed by atoms with Crippen molar-refractivity contribution in [2.75, 3.05) is 13.6 Å². The average Bonchev–Trinajstić information content (AvgIpc) is 3.30. The summed E-state index contributed by atoms with van der Waals surface area (Å²) in [6, 6.07) is 4.92. The Morgan fingerprint density at radius 1 is 1.39 bits per heavy atom. The smallest absolute Gasteiger partial charge is 0.207 e. The Bertz CT molecular complexity index is 714. The minimum absolute atomic E-state index is 0.0634. The Morgan fingerprint density at radius 2 is 2.04 bits per heavy atom. The topological polar surface area (TPSA) is 64.4 Å². The molecule has 0 aliphatic heterocycles. The molecule has 0 aromatic heterocycles. The Morgan fingerprint density at radius 3 is 2.57 bits per heavy atom. The van der Waals surface area contributed by atoms with Gasteiger partial charge in [-0.15, -0.1) is 0 Å². The molecule has 0 N–H and O–H groups in total. The van der Waals surface area contributed by atoms with E-state index in [1.54, 1.807) is 6.92 Å². The van der Waals surface area contributed by atoms with Crippen molar-refractivity contribution in [3.8, 4) is 6.07 Å². The molecular formula is C15H19F2N3O2S. The van der Waals surface area contributed by atoms with Gasteiger partial charge in [0.2, 0.25) is 0 Å². The largest absolute Gasteiger partial charge is 0.282 e. The first-order valence-corrected chi connectivity index (χ1v) is 8.72. The van der Waals surface area contributed by atoms with Crippen LogP contribution in [0.5, 0.6) is 0 Å². The number of nitrogens with zero attached hydrogens (tertiary/aromatic N) is 3. The Hall–Kier alpha value is -1.56. The number of hydrogen-bond donors (Lipinski definition) is 0. The fourth-order valence-electron chi connectivity index (χ4n) is 2.28. The lowest BCUT2D eigenvalue weighted by Crippen LogP contribution is -2.44. The van der Waals surface area contributed by atoms with E-state index in [0.29, 0.717) is 12.8 Å². The van der Waals surface area contributed by atoms with Crippen molar-refractivity contribution in [3.05, 3.63) is 35.4 Å². The van der Waals surface area contributed by atoms with Crippen LogP contribution in [0.25, 0.3) is 0 Å². The van der Waals surface area contributed by atoms with Crippen LogP contribution in [0.1, 0.15) is 25.3 Å². The van der Waals surface area contributed by atoms with Gasteiger partial charge in [-0.05, 0) is 25.8 Å². The summed E-state index contributed by atoms with van der Waals surface area (Å²) in [7, 11) is -2.41. The first-order valence-electron chi connectivity index (χ1n) is 7.32. The number of halogens is 2. The van der Waals surface area contributed by atoms with Crippen LogP contribution >= 0.6 is 0 Å². The molecule has 0 amide bonds. The van der Waals surface area contributed by atoms with Crippen LogP contribution in [0.3, 0.4) is 0 Å². The fourth-order valence-corrected chi connectivity index (χ4v) is 3.94. The van der Waals surface area contributed by atoms with E-state index in [9.17, 15) is 17.2 Å². The lowest BCUT2D eigenvalue weighted by atomic mass is 10.2. The molecule has 1 aromatic rings. The molecule has 1 aromatic carbocycles. The van der Waals surface area contributed by atoms with Gasteiger partial charge in [-0.2, -0.15) is 22.3 Å². The molecular weight excluding hydrogens is 324 g/mol. The zero-order chi connectivity index (χ0) is 17.2. The highest BCUT2D eigenvalue weighted by Gasteiger charge is 2.39. The van der Waals surface area contributed by atoms with Gasteiger partial charge in [-0.3, -0.25) is 0 Å². The van der Waals surface area contributed by atoms with E-state index < -0.39 is 27.8 Å². The highest BCUT2D eigenvalue weighted by molar-refractivity contribution is 7.86. The van der Waals surface area contributed by atoms with Gasteiger partial charge in [0.15, 0.2) is 0 Å². The molecule has 126 valence electrons. The molecule has 0 bridgehead atoms. The highest BCUT2D eigenvalue weighted by Crippen LogP contribution is 2.32. The second-order valence-corrected chi connectivity index (χ2v) is 7.82. The summed E-state index contributed by atoms with van der Waals surface area (Å²) in [5.41, 5.74) is 0.128. The van der Waals surface area contributed by atoms with E-state index in [2.05, 4.69) is 0 Å². The maximum atomic E-state index is 13.8. The molecule has 0 saturated heterocycles. The van der Waals surface area contributed by atoms with Gasteiger partial charge >= 0.3 is 0 Å². The van der Waals surface area contributed by atoms with Gasteiger partial charge in [0.25, 0.3) is 10.2 Å². The summed E-state index contributed by atoms with van der Waals surface area (Å²) in [5, 5.41) is 8.84. The second kappa shape index (κ2) is 6.91. The quantitative estimate of drug-likeness (QED) is 0.763. The summed E-state index contributed by atoms with van der Waals surface area (Å²) in [4.78, 5) is 0. The van der Waals surface area contributed by atoms with Crippen molar-refractivity contribution in [1.82, 2.24) is 8.61 Å². The summed E-state index contributed by atoms with van der Waals surface area (Å²) >= 11 is 0. The summed E-state index contributed by atoms with van der Waals surface area (Å²) in [6.07, 6.45) is 1.42. The van der Waals surface area contributed by atoms with Crippen molar-refractivity contribution in [1.29, 1.82) is 5.26 Å². The van der Waals surface area contributed by atoms with Crippen molar-refractivity contribution < 1.29 is 17.2 Å². The van der Waals surface area contributed by atoms with E-state index in [1.807, 2.05) is 6.07 Å². The summed E-state index contributed by atoms with van der Waals surface area (Å²) in [5.74, 6) is -1.91. The third-order valence-corrected chi connectivity index (χ3v) is 5.69. The van der Waals surface area contributed by atoms with Crippen LogP contribution in [0.2, 0.25) is 0 Å². The van der Waals surface area contributed by atoms with Crippen LogP contribution < -0.4 is 0 Å². The van der Waals surface area contributed by atoms with Crippen LogP contribution in [0, 0.1) is 28.9 Å². The monoisotopic (exact) mass is 343 g/mol. The SMILES string of the molecule is CC(C#N)CN(C)S(=O)(=O)N(Cc1ccc(F)cc1F)C1CC1. The third-order valence-electron chi connectivity index (χ3n) is 3.74. The Balaban J connectivity index is 2.22. The molecule has 1 fully saturated rings. The number of nitriles is 1. The molecule has 2 rings (SSSR count). The Labute approximate surface area is 135 Å². The van der Waals surface area contributed by atoms with Gasteiger partial charge < -0.3 is 0 Å². The molecule has 1 unspecified atom stereocenters. The minimum atomic E-state index is -3.81. The molecule has 0 heterocycles. The fraction of sp³-hybridized carbons (Fsp3) is 0.533. The molecule has 0 radical (unpaired) electrons. The van der Waals surface area contributed by atoms with Crippen molar-refractivity contribution in [2.45, 2.75) is 32.4 Å². The van der Waals surface area contributed by atoms with Crippen molar-refractivity contribution >= 4 is 10.2 Å².